The Bertz CT molecular complexity index is 1790. The predicted molar refractivity (Wildman–Crippen MR) is 218 cm³/mol. The Kier molecular flexibility index (Phi) is 14.6. The number of aliphatic imine (C=N–C) groups is 1. The van der Waals surface area contributed by atoms with Crippen LogP contribution >= 0.6 is 11.3 Å². The van der Waals surface area contributed by atoms with Gasteiger partial charge >= 0.3 is 5.97 Å². The number of thiazole rings is 1. The van der Waals surface area contributed by atoms with E-state index in [1.165, 1.54) is 28.2 Å². The molecule has 0 spiro atoms. The highest BCUT2D eigenvalue weighted by Crippen LogP contribution is 2.37. The number of fused-ring (bicyclic) bond motifs is 1. The fourth-order valence-corrected chi connectivity index (χ4v) is 8.19. The summed E-state index contributed by atoms with van der Waals surface area (Å²) in [4.78, 5) is 96.1. The number of amides is 5. The molecule has 0 aliphatic carbocycles. The maximum atomic E-state index is 15.7. The minimum atomic E-state index is -1.27. The Morgan fingerprint density at radius 3 is 2.25 bits per heavy atom. The Hall–Kier alpha value is -4.86. The van der Waals surface area contributed by atoms with Gasteiger partial charge in [-0.25, -0.2) is 4.98 Å². The average molecular weight is 809 g/mol. The average Bonchev–Trinajstić information content (AvgIpc) is 3.86. The van der Waals surface area contributed by atoms with E-state index in [4.69, 9.17) is 15.5 Å². The SMILES string of the molecule is COC(=O)C[C@H](c1nccs1)N(C(=O)[C@@H](NC1=NCC(=O)N2CCC[C@H]2C(=O)N[C@@H](C(C)C)C(=O)N[C@H]1C(C)(C)C)C(C)(C)C)[C@H](C(N)=O)[C@@H](C)c1ccccc1. The van der Waals surface area contributed by atoms with Crippen LogP contribution in [0.2, 0.25) is 0 Å². The maximum absolute atomic E-state index is 15.7. The molecule has 5 amide bonds. The number of carbonyl (C=O) groups is 6. The fourth-order valence-electron chi connectivity index (χ4n) is 7.45. The number of nitrogens with zero attached hydrogens (tertiary/aromatic N) is 4. The van der Waals surface area contributed by atoms with Crippen LogP contribution in [0.15, 0.2) is 46.9 Å². The van der Waals surface area contributed by atoms with E-state index in [1.807, 2.05) is 85.7 Å². The number of methoxy groups -OCH3 is 1. The Balaban J connectivity index is 1.94. The van der Waals surface area contributed by atoms with Gasteiger partial charge in [0.05, 0.1) is 25.6 Å². The Labute approximate surface area is 340 Å². The smallest absolute Gasteiger partial charge is 0.308 e. The number of nitrogens with two attached hydrogens (primary N) is 1. The van der Waals surface area contributed by atoms with Crippen LogP contribution in [0.3, 0.4) is 0 Å². The van der Waals surface area contributed by atoms with Gasteiger partial charge in [0.15, 0.2) is 0 Å². The number of aromatic nitrogens is 1. The van der Waals surface area contributed by atoms with Gasteiger partial charge in [0.25, 0.3) is 0 Å². The highest BCUT2D eigenvalue weighted by molar-refractivity contribution is 7.09. The molecule has 312 valence electrons. The molecule has 15 nitrogen and oxygen atoms in total. The largest absolute Gasteiger partial charge is 0.469 e. The molecule has 5 N–H and O–H groups in total. The van der Waals surface area contributed by atoms with Gasteiger partial charge in [0.1, 0.15) is 41.6 Å². The van der Waals surface area contributed by atoms with Crippen LogP contribution in [0.1, 0.15) is 104 Å². The highest BCUT2D eigenvalue weighted by Gasteiger charge is 2.47. The molecule has 1 aromatic heterocycles. The third-order valence-electron chi connectivity index (χ3n) is 10.6. The number of carbonyl (C=O) groups excluding carboxylic acids is 6. The van der Waals surface area contributed by atoms with E-state index in [-0.39, 0.29) is 36.5 Å². The van der Waals surface area contributed by atoms with E-state index in [1.54, 1.807) is 18.5 Å². The van der Waals surface area contributed by atoms with E-state index in [0.29, 0.717) is 24.4 Å². The van der Waals surface area contributed by atoms with Crippen molar-refractivity contribution in [1.82, 2.24) is 30.7 Å². The number of esters is 1. The first-order valence-corrected chi connectivity index (χ1v) is 20.4. The minimum absolute atomic E-state index is 0.160. The lowest BCUT2D eigenvalue weighted by atomic mass is 9.81. The van der Waals surface area contributed by atoms with Crippen molar-refractivity contribution in [3.8, 4) is 0 Å². The number of primary amides is 1. The molecule has 2 aromatic rings. The van der Waals surface area contributed by atoms with Gasteiger partial charge in [-0.05, 0) is 35.2 Å². The lowest BCUT2D eigenvalue weighted by molar-refractivity contribution is -0.151. The van der Waals surface area contributed by atoms with Crippen molar-refractivity contribution in [2.24, 2.45) is 27.5 Å². The summed E-state index contributed by atoms with van der Waals surface area (Å²) in [5.41, 5.74) is 5.31. The second-order valence-electron chi connectivity index (χ2n) is 17.4. The van der Waals surface area contributed by atoms with Crippen LogP contribution in [-0.4, -0.2) is 107 Å². The Morgan fingerprint density at radius 2 is 1.70 bits per heavy atom. The van der Waals surface area contributed by atoms with Gasteiger partial charge < -0.3 is 36.2 Å². The monoisotopic (exact) mass is 808 g/mol. The van der Waals surface area contributed by atoms with E-state index in [0.717, 1.165) is 5.56 Å². The summed E-state index contributed by atoms with van der Waals surface area (Å²) in [5.74, 6) is -4.01. The molecule has 3 heterocycles. The van der Waals surface area contributed by atoms with Crippen LogP contribution < -0.4 is 21.7 Å². The van der Waals surface area contributed by atoms with Crippen molar-refractivity contribution in [3.05, 3.63) is 52.5 Å². The van der Waals surface area contributed by atoms with Crippen LogP contribution in [-0.2, 0) is 33.5 Å². The quantitative estimate of drug-likeness (QED) is 0.246. The molecule has 0 radical (unpaired) electrons. The molecule has 16 heteroatoms. The second-order valence-corrected chi connectivity index (χ2v) is 18.3. The summed E-state index contributed by atoms with van der Waals surface area (Å²) < 4.78 is 5.09. The lowest BCUT2D eigenvalue weighted by Gasteiger charge is -2.44. The lowest BCUT2D eigenvalue weighted by Crippen LogP contribution is -2.65. The van der Waals surface area contributed by atoms with Crippen LogP contribution in [0, 0.1) is 16.7 Å². The minimum Gasteiger partial charge on any atom is -0.469 e. The number of ether oxygens (including phenoxy) is 1. The normalized spacial score (nSPS) is 21.7. The van der Waals surface area contributed by atoms with E-state index in [9.17, 15) is 24.0 Å². The summed E-state index contributed by atoms with van der Waals surface area (Å²) >= 11 is 1.22. The first kappa shape index (κ1) is 44.8. The van der Waals surface area contributed by atoms with Gasteiger partial charge in [-0.1, -0.05) is 92.6 Å². The topological polar surface area (TPSA) is 205 Å². The third kappa shape index (κ3) is 10.8. The van der Waals surface area contributed by atoms with Crippen molar-refractivity contribution in [3.63, 3.8) is 0 Å². The van der Waals surface area contributed by atoms with Crippen molar-refractivity contribution >= 4 is 52.7 Å². The molecule has 7 atom stereocenters. The number of hydrogen-bond donors (Lipinski definition) is 4. The highest BCUT2D eigenvalue weighted by atomic mass is 32.1. The summed E-state index contributed by atoms with van der Waals surface area (Å²) in [6.45, 7) is 16.6. The van der Waals surface area contributed by atoms with Crippen molar-refractivity contribution in [2.75, 3.05) is 20.2 Å². The van der Waals surface area contributed by atoms with Crippen LogP contribution in [0.4, 0.5) is 0 Å². The fraction of sp³-hybridized carbons (Fsp3) is 0.610. The molecule has 1 saturated heterocycles. The summed E-state index contributed by atoms with van der Waals surface area (Å²) in [6, 6.07) is 3.09. The molecular formula is C41H60N8O7S. The van der Waals surface area contributed by atoms with Gasteiger partial charge in [0, 0.05) is 24.0 Å². The molecule has 4 rings (SSSR count). The van der Waals surface area contributed by atoms with Crippen molar-refractivity contribution in [1.29, 1.82) is 0 Å². The van der Waals surface area contributed by atoms with Gasteiger partial charge in [0.2, 0.25) is 29.5 Å². The summed E-state index contributed by atoms with van der Waals surface area (Å²) in [6.07, 6.45) is 2.30. The third-order valence-corrected chi connectivity index (χ3v) is 11.5. The van der Waals surface area contributed by atoms with Gasteiger partial charge in [-0.3, -0.25) is 33.8 Å². The summed E-state index contributed by atoms with van der Waals surface area (Å²) in [5, 5.41) is 11.5. The van der Waals surface area contributed by atoms with Crippen LogP contribution in [0.25, 0.3) is 0 Å². The molecule has 0 unspecified atom stereocenters. The second kappa shape index (κ2) is 18.6. The molecule has 2 aliphatic heterocycles. The first-order chi connectivity index (χ1) is 26.7. The molecule has 0 saturated carbocycles. The number of benzene rings is 1. The van der Waals surface area contributed by atoms with Gasteiger partial charge in [-0.2, -0.15) is 0 Å². The molecule has 57 heavy (non-hydrogen) atoms. The predicted octanol–water partition coefficient (Wildman–Crippen LogP) is 3.31. The first-order valence-electron chi connectivity index (χ1n) is 19.5. The Morgan fingerprint density at radius 1 is 1.04 bits per heavy atom. The van der Waals surface area contributed by atoms with Gasteiger partial charge in [-0.15, -0.1) is 11.3 Å². The molecule has 0 bridgehead atoms. The summed E-state index contributed by atoms with van der Waals surface area (Å²) in [7, 11) is 1.24. The van der Waals surface area contributed by atoms with E-state index in [2.05, 4.69) is 20.9 Å². The van der Waals surface area contributed by atoms with Crippen molar-refractivity contribution in [2.45, 2.75) is 124 Å². The number of rotatable bonds is 11. The van der Waals surface area contributed by atoms with Crippen LogP contribution in [0.5, 0.6) is 0 Å². The molecule has 2 aliphatic rings. The van der Waals surface area contributed by atoms with E-state index < -0.39 is 76.7 Å². The molecule has 1 aromatic carbocycles. The zero-order valence-corrected chi connectivity index (χ0v) is 35.6. The number of nitrogens with one attached hydrogen (secondary N) is 3. The standard InChI is InChI=1S/C41H60N8O7S/c1-23(2)30-37(54)47-32(40(4,5)6)35(44-22-28(50)48-19-14-17-26(48)36(53)45-30)46-33(41(7,8)9)39(55)49(27(21-29(51)56-10)38-43-18-20-57-38)31(34(42)52)24(3)25-15-12-11-13-16-25/h11-13,15-16,18,20,23-24,26-27,30-33H,14,17,19,21-22H2,1-10H3,(H2,42,52)(H,44,46)(H,45,53)(H,47,54)/t24-,26-,27+,30-,31-,32+,33+/m0/s1. The molecule has 1 fully saturated rings. The van der Waals surface area contributed by atoms with Crippen molar-refractivity contribution < 1.29 is 33.5 Å². The maximum Gasteiger partial charge on any atom is 0.308 e. The zero-order chi connectivity index (χ0) is 42.4. The zero-order valence-electron chi connectivity index (χ0n) is 34.8. The molecular weight excluding hydrogens is 749 g/mol. The van der Waals surface area contributed by atoms with E-state index >= 15 is 4.79 Å². The number of hydrogen-bond acceptors (Lipinski definition) is 11. The number of amidine groups is 1.